The second-order valence-corrected chi connectivity index (χ2v) is 7.30. The van der Waals surface area contributed by atoms with E-state index in [9.17, 15) is 9.59 Å². The number of nitrogens with zero attached hydrogens (tertiary/aromatic N) is 2. The first kappa shape index (κ1) is 17.4. The average Bonchev–Trinajstić information content (AvgIpc) is 3.18. The van der Waals surface area contributed by atoms with Crippen molar-refractivity contribution in [2.75, 3.05) is 13.2 Å². The van der Waals surface area contributed by atoms with Gasteiger partial charge in [-0.3, -0.25) is 9.78 Å². The van der Waals surface area contributed by atoms with Gasteiger partial charge >= 0.3 is 5.97 Å². The van der Waals surface area contributed by atoms with Gasteiger partial charge in [-0.25, -0.2) is 4.79 Å². The molecule has 0 radical (unpaired) electrons. The molecule has 6 heteroatoms. The summed E-state index contributed by atoms with van der Waals surface area (Å²) >= 11 is 1.72. The predicted octanol–water partition coefficient (Wildman–Crippen LogP) is 3.44. The summed E-state index contributed by atoms with van der Waals surface area (Å²) < 4.78 is 5.13. The molecule has 0 spiro atoms. The Balaban J connectivity index is 1.34. The molecule has 1 aliphatic heterocycles. The van der Waals surface area contributed by atoms with E-state index in [4.69, 9.17) is 4.74 Å². The van der Waals surface area contributed by atoms with Gasteiger partial charge in [-0.05, 0) is 35.6 Å². The van der Waals surface area contributed by atoms with Crippen LogP contribution in [0.25, 0.3) is 17.0 Å². The van der Waals surface area contributed by atoms with Crippen molar-refractivity contribution < 1.29 is 14.3 Å². The maximum absolute atomic E-state index is 12.3. The van der Waals surface area contributed by atoms with Crippen molar-refractivity contribution in [1.29, 1.82) is 0 Å². The molecular formula is C21H18N2O3S. The minimum absolute atomic E-state index is 0.166. The fraction of sp³-hybridized carbons (Fsp3) is 0.190. The summed E-state index contributed by atoms with van der Waals surface area (Å²) in [6.45, 7) is 1.02. The van der Waals surface area contributed by atoms with Crippen molar-refractivity contribution in [2.24, 2.45) is 0 Å². The van der Waals surface area contributed by atoms with E-state index in [0.717, 1.165) is 22.9 Å². The number of para-hydroxylation sites is 1. The lowest BCUT2D eigenvalue weighted by atomic mass is 10.1. The molecule has 3 heterocycles. The van der Waals surface area contributed by atoms with Crippen molar-refractivity contribution >= 4 is 40.2 Å². The Morgan fingerprint density at radius 3 is 3.04 bits per heavy atom. The van der Waals surface area contributed by atoms with Gasteiger partial charge in [0.05, 0.1) is 5.52 Å². The highest BCUT2D eigenvalue weighted by Crippen LogP contribution is 2.24. The number of ether oxygens (including phenoxy) is 1. The minimum atomic E-state index is -0.537. The van der Waals surface area contributed by atoms with Crippen LogP contribution < -0.4 is 0 Å². The third kappa shape index (κ3) is 3.90. The zero-order chi connectivity index (χ0) is 18.6. The number of fused-ring (bicyclic) bond motifs is 2. The summed E-state index contributed by atoms with van der Waals surface area (Å²) in [4.78, 5) is 31.7. The van der Waals surface area contributed by atoms with Gasteiger partial charge in [0.1, 0.15) is 0 Å². The van der Waals surface area contributed by atoms with Crippen molar-refractivity contribution in [2.45, 2.75) is 13.0 Å². The van der Waals surface area contributed by atoms with E-state index in [1.165, 1.54) is 16.5 Å². The van der Waals surface area contributed by atoms with E-state index in [2.05, 4.69) is 4.98 Å². The summed E-state index contributed by atoms with van der Waals surface area (Å²) in [5.74, 6) is -0.704. The molecule has 0 unspecified atom stereocenters. The molecule has 0 bridgehead atoms. The number of rotatable bonds is 4. The highest BCUT2D eigenvalue weighted by atomic mass is 32.1. The summed E-state index contributed by atoms with van der Waals surface area (Å²) in [6, 6.07) is 11.6. The van der Waals surface area contributed by atoms with Crippen LogP contribution in [0.4, 0.5) is 0 Å². The molecule has 0 saturated heterocycles. The van der Waals surface area contributed by atoms with Crippen LogP contribution in [0, 0.1) is 0 Å². The summed E-state index contributed by atoms with van der Waals surface area (Å²) in [5, 5.41) is 3.05. The number of hydrogen-bond acceptors (Lipinski definition) is 5. The van der Waals surface area contributed by atoms with Gasteiger partial charge in [0.25, 0.3) is 5.91 Å². The van der Waals surface area contributed by atoms with E-state index in [1.807, 2.05) is 41.8 Å². The third-order valence-electron chi connectivity index (χ3n) is 4.56. The number of pyridine rings is 1. The van der Waals surface area contributed by atoms with Gasteiger partial charge in [0.2, 0.25) is 0 Å². The molecular weight excluding hydrogens is 360 g/mol. The lowest BCUT2D eigenvalue weighted by molar-refractivity contribution is -0.148. The number of amides is 1. The Morgan fingerprint density at radius 2 is 2.11 bits per heavy atom. The molecule has 5 nitrogen and oxygen atoms in total. The molecule has 0 aliphatic carbocycles. The highest BCUT2D eigenvalue weighted by Gasteiger charge is 2.22. The van der Waals surface area contributed by atoms with Crippen LogP contribution in [0.15, 0.2) is 54.1 Å². The number of carbonyl (C=O) groups excluding carboxylic acids is 2. The SMILES string of the molecule is O=C(/C=C/c1cccc2cccnc12)OCC(=O)N1CCc2sccc2C1. The third-order valence-corrected chi connectivity index (χ3v) is 5.58. The van der Waals surface area contributed by atoms with Crippen LogP contribution in [0.2, 0.25) is 0 Å². The van der Waals surface area contributed by atoms with Gasteiger partial charge in [0.15, 0.2) is 6.61 Å². The van der Waals surface area contributed by atoms with Crippen molar-refractivity contribution in [3.05, 3.63) is 70.1 Å². The topological polar surface area (TPSA) is 59.5 Å². The fourth-order valence-electron chi connectivity index (χ4n) is 3.15. The molecule has 1 amide bonds. The van der Waals surface area contributed by atoms with Crippen LogP contribution in [-0.2, 0) is 27.3 Å². The molecule has 0 saturated carbocycles. The minimum Gasteiger partial charge on any atom is -0.452 e. The second kappa shape index (κ2) is 7.72. The van der Waals surface area contributed by atoms with Gasteiger partial charge in [-0.15, -0.1) is 11.3 Å². The van der Waals surface area contributed by atoms with E-state index in [0.29, 0.717) is 13.1 Å². The molecule has 1 aliphatic rings. The summed E-state index contributed by atoms with van der Waals surface area (Å²) in [6.07, 6.45) is 5.58. The van der Waals surface area contributed by atoms with Crippen LogP contribution >= 0.6 is 11.3 Å². The molecule has 27 heavy (non-hydrogen) atoms. The van der Waals surface area contributed by atoms with Gasteiger partial charge in [-0.1, -0.05) is 24.3 Å². The number of esters is 1. The molecule has 3 aromatic rings. The number of carbonyl (C=O) groups is 2. The standard InChI is InChI=1S/C21H18N2O3S/c24-19(23-11-8-18-17(13-23)9-12-27-18)14-26-20(25)7-6-16-4-1-3-15-5-2-10-22-21(15)16/h1-7,9-10,12H,8,11,13-14H2/b7-6+. The number of benzene rings is 1. The molecule has 0 atom stereocenters. The molecule has 0 fully saturated rings. The van der Waals surface area contributed by atoms with Crippen LogP contribution in [0.3, 0.4) is 0 Å². The van der Waals surface area contributed by atoms with E-state index in [1.54, 1.807) is 28.5 Å². The van der Waals surface area contributed by atoms with E-state index < -0.39 is 5.97 Å². The summed E-state index contributed by atoms with van der Waals surface area (Å²) in [5.41, 5.74) is 2.84. The first-order valence-electron chi connectivity index (χ1n) is 8.72. The number of aromatic nitrogens is 1. The lowest BCUT2D eigenvalue weighted by Crippen LogP contribution is -2.38. The van der Waals surface area contributed by atoms with Crippen molar-refractivity contribution in [1.82, 2.24) is 9.88 Å². The van der Waals surface area contributed by atoms with Crippen molar-refractivity contribution in [3.8, 4) is 0 Å². The highest BCUT2D eigenvalue weighted by molar-refractivity contribution is 7.10. The molecule has 0 N–H and O–H groups in total. The second-order valence-electron chi connectivity index (χ2n) is 6.30. The number of hydrogen-bond donors (Lipinski definition) is 0. The molecule has 2 aromatic heterocycles. The van der Waals surface area contributed by atoms with E-state index >= 15 is 0 Å². The Morgan fingerprint density at radius 1 is 1.22 bits per heavy atom. The molecule has 4 rings (SSSR count). The Labute approximate surface area is 160 Å². The maximum atomic E-state index is 12.3. The molecule has 136 valence electrons. The average molecular weight is 378 g/mol. The quantitative estimate of drug-likeness (QED) is 0.515. The Hall–Kier alpha value is -2.99. The van der Waals surface area contributed by atoms with Crippen LogP contribution in [0.1, 0.15) is 16.0 Å². The fourth-order valence-corrected chi connectivity index (χ4v) is 4.04. The zero-order valence-electron chi connectivity index (χ0n) is 14.6. The normalized spacial score (nSPS) is 13.7. The first-order valence-corrected chi connectivity index (χ1v) is 9.60. The number of thiophene rings is 1. The first-order chi connectivity index (χ1) is 13.2. The largest absolute Gasteiger partial charge is 0.452 e. The van der Waals surface area contributed by atoms with Gasteiger partial charge in [0, 0.05) is 41.2 Å². The van der Waals surface area contributed by atoms with E-state index in [-0.39, 0.29) is 12.5 Å². The maximum Gasteiger partial charge on any atom is 0.331 e. The van der Waals surface area contributed by atoms with Crippen LogP contribution in [0.5, 0.6) is 0 Å². The molecule has 1 aromatic carbocycles. The summed E-state index contributed by atoms with van der Waals surface area (Å²) in [7, 11) is 0. The smallest absolute Gasteiger partial charge is 0.331 e. The lowest BCUT2D eigenvalue weighted by Gasteiger charge is -2.26. The monoisotopic (exact) mass is 378 g/mol. The van der Waals surface area contributed by atoms with Crippen LogP contribution in [-0.4, -0.2) is 34.9 Å². The zero-order valence-corrected chi connectivity index (χ0v) is 15.4. The Kier molecular flexibility index (Phi) is 4.98. The Bertz CT molecular complexity index is 1020. The predicted molar refractivity (Wildman–Crippen MR) is 105 cm³/mol. The van der Waals surface area contributed by atoms with Crippen molar-refractivity contribution in [3.63, 3.8) is 0 Å². The van der Waals surface area contributed by atoms with Gasteiger partial charge in [-0.2, -0.15) is 0 Å². The van der Waals surface area contributed by atoms with Gasteiger partial charge < -0.3 is 9.64 Å².